The molecule has 1 heteroatoms. The van der Waals surface area contributed by atoms with Crippen LogP contribution in [0.4, 0.5) is 17.1 Å². The van der Waals surface area contributed by atoms with Crippen molar-refractivity contribution in [2.45, 2.75) is 30.6 Å². The van der Waals surface area contributed by atoms with Crippen molar-refractivity contribution in [1.29, 1.82) is 0 Å². The standard InChI is InChI=1S/C53H39N/c1-52(2)42-22-12-9-19-38(42)39-27-26-36(32-45(39)52)54-47-29-25-35(33-15-5-3-6-16-33)31-46(47)53-43-23-13-10-20-40(43)49(41-21-11-14-24-44(41)53)50-37(28-30-48(54)51(50)53)34-17-7-4-8-18-34/h3-32,40,43,49H,1-2H3. The predicted octanol–water partition coefficient (Wildman–Crippen LogP) is 13.3. The minimum absolute atomic E-state index is 0.0972. The molecule has 1 heterocycles. The molecule has 256 valence electrons. The van der Waals surface area contributed by atoms with E-state index in [1.807, 2.05) is 0 Å². The molecule has 0 aromatic heterocycles. The maximum absolute atomic E-state index is 2.61. The van der Waals surface area contributed by atoms with Crippen LogP contribution in [0.15, 0.2) is 182 Å². The fourth-order valence-corrected chi connectivity index (χ4v) is 11.5. The first-order chi connectivity index (χ1) is 26.6. The molecular formula is C53H39N. The molecule has 0 N–H and O–H groups in total. The average molecular weight is 690 g/mol. The highest BCUT2D eigenvalue weighted by Gasteiger charge is 2.62. The Balaban J connectivity index is 1.22. The Hall–Kier alpha value is -6.18. The van der Waals surface area contributed by atoms with E-state index in [1.165, 1.54) is 89.4 Å². The molecule has 1 aliphatic heterocycles. The molecular weight excluding hydrogens is 651 g/mol. The van der Waals surface area contributed by atoms with Crippen molar-refractivity contribution in [2.24, 2.45) is 11.8 Å². The molecule has 1 spiro atoms. The lowest BCUT2D eigenvalue weighted by Crippen LogP contribution is -2.54. The molecule has 0 fully saturated rings. The summed E-state index contributed by atoms with van der Waals surface area (Å²) in [7, 11) is 0. The Labute approximate surface area is 317 Å². The Morgan fingerprint density at radius 1 is 0.481 bits per heavy atom. The zero-order valence-corrected chi connectivity index (χ0v) is 30.5. The van der Waals surface area contributed by atoms with Crippen molar-refractivity contribution >= 4 is 17.1 Å². The number of benzene rings is 7. The van der Waals surface area contributed by atoms with Gasteiger partial charge < -0.3 is 4.90 Å². The Morgan fingerprint density at radius 2 is 1.15 bits per heavy atom. The van der Waals surface area contributed by atoms with E-state index in [0.29, 0.717) is 5.92 Å². The van der Waals surface area contributed by atoms with Crippen molar-refractivity contribution in [3.05, 3.63) is 221 Å². The van der Waals surface area contributed by atoms with E-state index in [-0.39, 0.29) is 22.7 Å². The summed E-state index contributed by atoms with van der Waals surface area (Å²) >= 11 is 0. The molecule has 5 aliphatic carbocycles. The van der Waals surface area contributed by atoms with E-state index in [0.717, 1.165) is 0 Å². The highest BCUT2D eigenvalue weighted by atomic mass is 15.2. The van der Waals surface area contributed by atoms with E-state index in [1.54, 1.807) is 0 Å². The molecule has 6 aliphatic rings. The number of allylic oxidation sites excluding steroid dienone is 4. The normalized spacial score (nSPS) is 22.5. The number of hydrogen-bond acceptors (Lipinski definition) is 1. The molecule has 0 radical (unpaired) electrons. The summed E-state index contributed by atoms with van der Waals surface area (Å²) in [6, 6.07) is 60.0. The van der Waals surface area contributed by atoms with Crippen LogP contribution in [0.5, 0.6) is 0 Å². The second-order valence-electron chi connectivity index (χ2n) is 16.4. The van der Waals surface area contributed by atoms with E-state index in [4.69, 9.17) is 0 Å². The fourth-order valence-electron chi connectivity index (χ4n) is 11.5. The molecule has 4 unspecified atom stereocenters. The van der Waals surface area contributed by atoms with Crippen LogP contribution < -0.4 is 4.90 Å². The van der Waals surface area contributed by atoms with Crippen LogP contribution in [0, 0.1) is 11.8 Å². The van der Waals surface area contributed by atoms with Gasteiger partial charge in [0, 0.05) is 22.9 Å². The number of rotatable bonds is 3. The molecule has 7 aromatic carbocycles. The molecule has 0 amide bonds. The first kappa shape index (κ1) is 30.3. The summed E-state index contributed by atoms with van der Waals surface area (Å²) in [6.45, 7) is 4.78. The minimum atomic E-state index is -0.379. The SMILES string of the molecule is CC1(C)c2ccccc2-c2ccc(N3c4ccc(-c5ccccc5)cc4C45c6ccccc6C(c6c(-c7ccccc7)ccc3c64)C3C=CC=CC35)cc21. The lowest BCUT2D eigenvalue weighted by Gasteiger charge is -2.61. The van der Waals surface area contributed by atoms with Gasteiger partial charge >= 0.3 is 0 Å². The van der Waals surface area contributed by atoms with Crippen molar-refractivity contribution in [3.8, 4) is 33.4 Å². The Morgan fingerprint density at radius 3 is 1.98 bits per heavy atom. The maximum Gasteiger partial charge on any atom is 0.0567 e. The summed E-state index contributed by atoms with van der Waals surface area (Å²) in [5.41, 5.74) is 21.3. The first-order valence-electron chi connectivity index (χ1n) is 19.5. The first-order valence-corrected chi connectivity index (χ1v) is 19.5. The van der Waals surface area contributed by atoms with Crippen LogP contribution in [0.2, 0.25) is 0 Å². The summed E-state index contributed by atoms with van der Waals surface area (Å²) in [5, 5.41) is 0. The molecule has 54 heavy (non-hydrogen) atoms. The number of fused-ring (bicyclic) bond motifs is 4. The summed E-state index contributed by atoms with van der Waals surface area (Å²) in [4.78, 5) is 2.61. The molecule has 4 atom stereocenters. The van der Waals surface area contributed by atoms with Crippen LogP contribution in [0.3, 0.4) is 0 Å². The smallest absolute Gasteiger partial charge is 0.0567 e. The average Bonchev–Trinajstić information content (AvgIpc) is 3.46. The number of anilines is 3. The third-order valence-electron chi connectivity index (χ3n) is 13.6. The summed E-state index contributed by atoms with van der Waals surface area (Å²) < 4.78 is 0. The Bertz CT molecular complexity index is 2770. The van der Waals surface area contributed by atoms with Crippen LogP contribution >= 0.6 is 0 Å². The highest BCUT2D eigenvalue weighted by Crippen LogP contribution is 2.72. The molecule has 7 aromatic rings. The number of nitrogens with zero attached hydrogens (tertiary/aromatic N) is 1. The van der Waals surface area contributed by atoms with Gasteiger partial charge in [-0.25, -0.2) is 0 Å². The fraction of sp³-hybridized carbons (Fsp3) is 0.132. The second-order valence-corrected chi connectivity index (χ2v) is 16.4. The maximum atomic E-state index is 2.61. The third-order valence-corrected chi connectivity index (χ3v) is 13.6. The van der Waals surface area contributed by atoms with Gasteiger partial charge in [-0.15, -0.1) is 0 Å². The van der Waals surface area contributed by atoms with Crippen molar-refractivity contribution in [2.75, 3.05) is 4.90 Å². The Kier molecular flexibility index (Phi) is 6.01. The number of hydrogen-bond donors (Lipinski definition) is 0. The van der Waals surface area contributed by atoms with Gasteiger partial charge in [0.25, 0.3) is 0 Å². The quantitative estimate of drug-likeness (QED) is 0.178. The van der Waals surface area contributed by atoms with E-state index >= 15 is 0 Å². The van der Waals surface area contributed by atoms with E-state index < -0.39 is 0 Å². The van der Waals surface area contributed by atoms with Crippen molar-refractivity contribution in [3.63, 3.8) is 0 Å². The van der Waals surface area contributed by atoms with E-state index in [9.17, 15) is 0 Å². The summed E-state index contributed by atoms with van der Waals surface area (Å²) in [5.74, 6) is 0.864. The van der Waals surface area contributed by atoms with Gasteiger partial charge in [0.15, 0.2) is 0 Å². The topological polar surface area (TPSA) is 3.24 Å². The van der Waals surface area contributed by atoms with Crippen LogP contribution in [0.1, 0.15) is 58.7 Å². The van der Waals surface area contributed by atoms with Crippen LogP contribution in [-0.4, -0.2) is 0 Å². The van der Waals surface area contributed by atoms with Gasteiger partial charge in [0.05, 0.1) is 16.8 Å². The largest absolute Gasteiger partial charge is 0.310 e. The van der Waals surface area contributed by atoms with E-state index in [2.05, 4.69) is 201 Å². The molecule has 0 saturated heterocycles. The third kappa shape index (κ3) is 3.70. The van der Waals surface area contributed by atoms with Gasteiger partial charge in [-0.05, 0) is 109 Å². The molecule has 1 nitrogen and oxygen atoms in total. The van der Waals surface area contributed by atoms with Crippen molar-refractivity contribution < 1.29 is 0 Å². The second kappa shape index (κ2) is 10.7. The van der Waals surface area contributed by atoms with Gasteiger partial charge in [-0.2, -0.15) is 0 Å². The lowest BCUT2D eigenvalue weighted by atomic mass is 9.43. The monoisotopic (exact) mass is 689 g/mol. The predicted molar refractivity (Wildman–Crippen MR) is 223 cm³/mol. The minimum Gasteiger partial charge on any atom is -0.310 e. The molecule has 0 saturated carbocycles. The molecule has 2 bridgehead atoms. The van der Waals surface area contributed by atoms with Gasteiger partial charge in [-0.3, -0.25) is 0 Å². The van der Waals surface area contributed by atoms with Crippen LogP contribution in [-0.2, 0) is 10.8 Å². The molecule has 13 rings (SSSR count). The van der Waals surface area contributed by atoms with Gasteiger partial charge in [0.2, 0.25) is 0 Å². The summed E-state index contributed by atoms with van der Waals surface area (Å²) in [6.07, 6.45) is 9.67. The van der Waals surface area contributed by atoms with Crippen LogP contribution in [0.25, 0.3) is 33.4 Å². The van der Waals surface area contributed by atoms with Gasteiger partial charge in [-0.1, -0.05) is 166 Å². The van der Waals surface area contributed by atoms with Crippen molar-refractivity contribution in [1.82, 2.24) is 0 Å². The zero-order valence-electron chi connectivity index (χ0n) is 30.5. The van der Waals surface area contributed by atoms with Gasteiger partial charge in [0.1, 0.15) is 0 Å². The zero-order chi connectivity index (χ0) is 35.8. The highest BCUT2D eigenvalue weighted by molar-refractivity contribution is 5.96. The lowest BCUT2D eigenvalue weighted by molar-refractivity contribution is 0.266.